The van der Waals surface area contributed by atoms with E-state index in [-0.39, 0.29) is 25.5 Å². The molecule has 6 heteroatoms. The van der Waals surface area contributed by atoms with Crippen molar-refractivity contribution >= 4 is 0 Å². The molecular formula is C16H37NO5. The number of aliphatic hydroxyl groups is 3. The SMILES string of the molecule is CC.CCCCC.CNC(OCC(O)CO)C1CC(O)CO1. The number of rotatable bonds is 8. The second kappa shape index (κ2) is 17.1. The van der Waals surface area contributed by atoms with Crippen LogP contribution in [0.1, 0.15) is 53.4 Å². The first-order chi connectivity index (χ1) is 10.6. The van der Waals surface area contributed by atoms with Gasteiger partial charge in [0.15, 0.2) is 0 Å². The zero-order chi connectivity index (χ0) is 17.4. The summed E-state index contributed by atoms with van der Waals surface area (Å²) in [5.74, 6) is 0. The van der Waals surface area contributed by atoms with Crippen molar-refractivity contribution in [3.63, 3.8) is 0 Å². The van der Waals surface area contributed by atoms with Gasteiger partial charge in [-0.15, -0.1) is 0 Å². The molecule has 6 nitrogen and oxygen atoms in total. The Bertz CT molecular complexity index is 217. The number of ether oxygens (including phenoxy) is 2. The molecule has 0 bridgehead atoms. The van der Waals surface area contributed by atoms with Gasteiger partial charge in [0.25, 0.3) is 0 Å². The second-order valence-electron chi connectivity index (χ2n) is 4.99. The fourth-order valence-corrected chi connectivity index (χ4v) is 1.85. The van der Waals surface area contributed by atoms with E-state index in [1.54, 1.807) is 7.05 Å². The average molecular weight is 323 g/mol. The lowest BCUT2D eigenvalue weighted by molar-refractivity contribution is -0.0915. The maximum absolute atomic E-state index is 9.27. The first kappa shape index (κ1) is 24.0. The molecule has 4 unspecified atom stereocenters. The van der Waals surface area contributed by atoms with E-state index in [9.17, 15) is 5.11 Å². The van der Waals surface area contributed by atoms with Crippen molar-refractivity contribution in [1.29, 1.82) is 0 Å². The third kappa shape index (κ3) is 12.3. The van der Waals surface area contributed by atoms with E-state index in [0.29, 0.717) is 13.0 Å². The molecule has 0 saturated carbocycles. The molecule has 4 N–H and O–H groups in total. The highest BCUT2D eigenvalue weighted by Gasteiger charge is 2.30. The van der Waals surface area contributed by atoms with Gasteiger partial charge in [-0.3, -0.25) is 5.32 Å². The summed E-state index contributed by atoms with van der Waals surface area (Å²) in [6, 6.07) is 0. The van der Waals surface area contributed by atoms with E-state index in [1.165, 1.54) is 19.3 Å². The van der Waals surface area contributed by atoms with Crippen LogP contribution < -0.4 is 5.32 Å². The zero-order valence-corrected chi connectivity index (χ0v) is 14.9. The van der Waals surface area contributed by atoms with Crippen LogP contribution in [-0.4, -0.2) is 66.7 Å². The highest BCUT2D eigenvalue weighted by Crippen LogP contribution is 2.17. The molecule has 0 radical (unpaired) electrons. The fraction of sp³-hybridized carbons (Fsp3) is 1.00. The van der Waals surface area contributed by atoms with Crippen LogP contribution in [0.4, 0.5) is 0 Å². The average Bonchev–Trinajstić information content (AvgIpc) is 2.97. The van der Waals surface area contributed by atoms with Crippen LogP contribution >= 0.6 is 0 Å². The van der Waals surface area contributed by atoms with Gasteiger partial charge in [0.05, 0.1) is 32.0 Å². The third-order valence-corrected chi connectivity index (χ3v) is 3.02. The molecule has 1 rings (SSSR count). The minimum atomic E-state index is -0.882. The zero-order valence-electron chi connectivity index (χ0n) is 14.9. The molecule has 1 saturated heterocycles. The standard InChI is InChI=1S/C9H19NO5.C5H12.C2H6/c1-10-9(15-5-7(13)3-11)8-2-6(12)4-14-8;1-3-5-4-2;1-2/h6-13H,2-5H2,1H3;3-5H2,1-2H3;1-2H3. The molecule has 0 aromatic heterocycles. The highest BCUT2D eigenvalue weighted by atomic mass is 16.6. The maximum atomic E-state index is 9.27. The first-order valence-electron chi connectivity index (χ1n) is 8.46. The highest BCUT2D eigenvalue weighted by molar-refractivity contribution is 4.78. The predicted octanol–water partition coefficient (Wildman–Crippen LogP) is 1.27. The van der Waals surface area contributed by atoms with Crippen molar-refractivity contribution in [2.45, 2.75) is 77.9 Å². The van der Waals surface area contributed by atoms with Crippen molar-refractivity contribution in [2.24, 2.45) is 0 Å². The van der Waals surface area contributed by atoms with Crippen LogP contribution in [0.2, 0.25) is 0 Å². The quantitative estimate of drug-likeness (QED) is 0.503. The minimum absolute atomic E-state index is 0.0396. The Kier molecular flexibility index (Phi) is 18.7. The van der Waals surface area contributed by atoms with Gasteiger partial charge in [-0.2, -0.15) is 0 Å². The molecule has 136 valence electrons. The number of unbranched alkanes of at least 4 members (excludes halogenated alkanes) is 2. The maximum Gasteiger partial charge on any atom is 0.134 e. The normalized spacial score (nSPS) is 22.9. The van der Waals surface area contributed by atoms with Crippen LogP contribution in [0.5, 0.6) is 0 Å². The molecule has 0 aromatic carbocycles. The van der Waals surface area contributed by atoms with E-state index in [0.717, 1.165) is 0 Å². The largest absolute Gasteiger partial charge is 0.394 e. The van der Waals surface area contributed by atoms with Gasteiger partial charge in [0.1, 0.15) is 12.3 Å². The first-order valence-corrected chi connectivity index (χ1v) is 8.46. The number of nitrogens with one attached hydrogen (secondary N) is 1. The Morgan fingerprint density at radius 3 is 2.18 bits per heavy atom. The van der Waals surface area contributed by atoms with Crippen LogP contribution in [0, 0.1) is 0 Å². The summed E-state index contributed by atoms with van der Waals surface area (Å²) in [6.07, 6.45) is 2.68. The summed E-state index contributed by atoms with van der Waals surface area (Å²) in [5.41, 5.74) is 0. The molecule has 0 spiro atoms. The Morgan fingerprint density at radius 2 is 1.86 bits per heavy atom. The minimum Gasteiger partial charge on any atom is -0.394 e. The summed E-state index contributed by atoms with van der Waals surface area (Å²) in [6.45, 7) is 8.45. The Balaban J connectivity index is 0. The van der Waals surface area contributed by atoms with E-state index < -0.39 is 12.2 Å². The predicted molar refractivity (Wildman–Crippen MR) is 88.8 cm³/mol. The molecule has 1 aliphatic heterocycles. The molecule has 4 atom stereocenters. The van der Waals surface area contributed by atoms with E-state index in [1.807, 2.05) is 13.8 Å². The summed E-state index contributed by atoms with van der Waals surface area (Å²) < 4.78 is 10.6. The summed E-state index contributed by atoms with van der Waals surface area (Å²) in [5, 5.41) is 29.9. The lowest BCUT2D eigenvalue weighted by Crippen LogP contribution is -2.41. The van der Waals surface area contributed by atoms with Crippen molar-refractivity contribution in [3.8, 4) is 0 Å². The van der Waals surface area contributed by atoms with Gasteiger partial charge in [-0.05, 0) is 7.05 Å². The molecule has 1 heterocycles. The van der Waals surface area contributed by atoms with Crippen molar-refractivity contribution in [1.82, 2.24) is 5.32 Å². The van der Waals surface area contributed by atoms with Crippen molar-refractivity contribution in [2.75, 3.05) is 26.9 Å². The summed E-state index contributed by atoms with van der Waals surface area (Å²) >= 11 is 0. The van der Waals surface area contributed by atoms with Gasteiger partial charge in [-0.1, -0.05) is 47.0 Å². The van der Waals surface area contributed by atoms with Crippen LogP contribution in [0.15, 0.2) is 0 Å². The fourth-order valence-electron chi connectivity index (χ4n) is 1.85. The van der Waals surface area contributed by atoms with Gasteiger partial charge in [0, 0.05) is 6.42 Å². The van der Waals surface area contributed by atoms with Gasteiger partial charge in [-0.25, -0.2) is 0 Å². The number of aliphatic hydroxyl groups excluding tert-OH is 3. The monoisotopic (exact) mass is 323 g/mol. The molecule has 0 aliphatic carbocycles. The molecular weight excluding hydrogens is 286 g/mol. The van der Waals surface area contributed by atoms with E-state index in [4.69, 9.17) is 19.7 Å². The molecule has 0 aromatic rings. The lowest BCUT2D eigenvalue weighted by Gasteiger charge is -2.23. The molecule has 1 fully saturated rings. The third-order valence-electron chi connectivity index (χ3n) is 3.02. The van der Waals surface area contributed by atoms with Crippen LogP contribution in [0.3, 0.4) is 0 Å². The van der Waals surface area contributed by atoms with Crippen molar-refractivity contribution in [3.05, 3.63) is 0 Å². The Hall–Kier alpha value is -0.240. The van der Waals surface area contributed by atoms with Crippen LogP contribution in [0.25, 0.3) is 0 Å². The molecule has 1 aliphatic rings. The van der Waals surface area contributed by atoms with Crippen LogP contribution in [-0.2, 0) is 9.47 Å². The van der Waals surface area contributed by atoms with Gasteiger partial charge < -0.3 is 24.8 Å². The Labute approximate surface area is 135 Å². The Morgan fingerprint density at radius 1 is 1.27 bits per heavy atom. The smallest absolute Gasteiger partial charge is 0.134 e. The molecule has 0 amide bonds. The lowest BCUT2D eigenvalue weighted by atomic mass is 10.2. The summed E-state index contributed by atoms with van der Waals surface area (Å²) in [7, 11) is 1.71. The second-order valence-corrected chi connectivity index (χ2v) is 4.99. The number of hydrogen-bond donors (Lipinski definition) is 4. The van der Waals surface area contributed by atoms with Crippen molar-refractivity contribution < 1.29 is 24.8 Å². The van der Waals surface area contributed by atoms with E-state index in [2.05, 4.69) is 19.2 Å². The number of hydrogen-bond acceptors (Lipinski definition) is 6. The topological polar surface area (TPSA) is 91.2 Å². The van der Waals surface area contributed by atoms with Gasteiger partial charge >= 0.3 is 0 Å². The summed E-state index contributed by atoms with van der Waals surface area (Å²) in [4.78, 5) is 0. The molecule has 22 heavy (non-hydrogen) atoms. The van der Waals surface area contributed by atoms with E-state index >= 15 is 0 Å². The van der Waals surface area contributed by atoms with Gasteiger partial charge in [0.2, 0.25) is 0 Å². The number of likely N-dealkylation sites (N-methyl/N-ethyl adjacent to an activating group) is 1.